The van der Waals surface area contributed by atoms with E-state index in [1.54, 1.807) is 0 Å². The van der Waals surface area contributed by atoms with E-state index in [1.165, 1.54) is 93.2 Å². The molecule has 0 spiro atoms. The molecular formula is C47H32. The lowest BCUT2D eigenvalue weighted by Crippen LogP contribution is -1.87. The molecule has 0 N–H and O–H groups in total. The fraction of sp³-hybridized carbons (Fsp3) is 0.0213. The molecule has 0 saturated carbocycles. The van der Waals surface area contributed by atoms with Crippen LogP contribution in [0.5, 0.6) is 0 Å². The van der Waals surface area contributed by atoms with Gasteiger partial charge in [0.15, 0.2) is 0 Å². The molecule has 47 heavy (non-hydrogen) atoms. The van der Waals surface area contributed by atoms with Crippen LogP contribution < -0.4 is 0 Å². The number of fused-ring (bicyclic) bond motifs is 5. The van der Waals surface area contributed by atoms with Crippen LogP contribution in [0.1, 0.15) is 5.56 Å². The summed E-state index contributed by atoms with van der Waals surface area (Å²) in [4.78, 5) is 0. The van der Waals surface area contributed by atoms with Gasteiger partial charge < -0.3 is 0 Å². The highest BCUT2D eigenvalue weighted by Crippen LogP contribution is 2.36. The van der Waals surface area contributed by atoms with Gasteiger partial charge in [-0.15, -0.1) is 0 Å². The van der Waals surface area contributed by atoms with Crippen LogP contribution in [0, 0.1) is 6.92 Å². The van der Waals surface area contributed by atoms with E-state index in [1.807, 2.05) is 0 Å². The van der Waals surface area contributed by atoms with E-state index in [-0.39, 0.29) is 0 Å². The Kier molecular flexibility index (Phi) is 6.47. The maximum atomic E-state index is 2.35. The SMILES string of the molecule is Cc1cc(-c2ccc3ccccc3c2)cc2ccc(-c3ccc4c(ccc5cc(-c6ccc(-c7ccccc7)cc6)ccc54)c3)cc12. The minimum atomic E-state index is 1.23. The van der Waals surface area contributed by atoms with E-state index in [9.17, 15) is 0 Å². The lowest BCUT2D eigenvalue weighted by Gasteiger charge is -2.12. The first kappa shape index (κ1) is 27.3. The van der Waals surface area contributed by atoms with Crippen LogP contribution in [0.3, 0.4) is 0 Å². The van der Waals surface area contributed by atoms with Crippen LogP contribution in [0.25, 0.3) is 87.6 Å². The van der Waals surface area contributed by atoms with Crippen LogP contribution >= 0.6 is 0 Å². The molecular weight excluding hydrogens is 565 g/mol. The smallest absolute Gasteiger partial charge is 0.0105 e. The van der Waals surface area contributed by atoms with Crippen molar-refractivity contribution in [1.82, 2.24) is 0 Å². The molecule has 0 aliphatic carbocycles. The summed E-state index contributed by atoms with van der Waals surface area (Å²) in [7, 11) is 0. The highest BCUT2D eigenvalue weighted by atomic mass is 14.1. The Bertz CT molecular complexity index is 2610. The lowest BCUT2D eigenvalue weighted by atomic mass is 9.92. The van der Waals surface area contributed by atoms with Gasteiger partial charge in [-0.1, -0.05) is 146 Å². The molecule has 0 unspecified atom stereocenters. The second kappa shape index (κ2) is 11.1. The Morgan fingerprint density at radius 1 is 0.234 bits per heavy atom. The van der Waals surface area contributed by atoms with Crippen molar-refractivity contribution in [2.24, 2.45) is 0 Å². The van der Waals surface area contributed by atoms with Gasteiger partial charge in [0.05, 0.1) is 0 Å². The van der Waals surface area contributed by atoms with Gasteiger partial charge in [-0.2, -0.15) is 0 Å². The number of rotatable bonds is 4. The van der Waals surface area contributed by atoms with Crippen LogP contribution in [0.4, 0.5) is 0 Å². The highest BCUT2D eigenvalue weighted by Gasteiger charge is 2.09. The Hall–Kier alpha value is -5.98. The number of aryl methyl sites for hydroxylation is 1. The molecule has 9 aromatic carbocycles. The molecule has 0 bridgehead atoms. The second-order valence-corrected chi connectivity index (χ2v) is 12.7. The Morgan fingerprint density at radius 2 is 0.638 bits per heavy atom. The van der Waals surface area contributed by atoms with Crippen molar-refractivity contribution in [3.63, 3.8) is 0 Å². The molecule has 0 fully saturated rings. The van der Waals surface area contributed by atoms with Gasteiger partial charge in [-0.25, -0.2) is 0 Å². The average Bonchev–Trinajstić information content (AvgIpc) is 3.14. The summed E-state index contributed by atoms with van der Waals surface area (Å²) in [6.07, 6.45) is 0. The fourth-order valence-electron chi connectivity index (χ4n) is 7.18. The van der Waals surface area contributed by atoms with Crippen molar-refractivity contribution in [2.45, 2.75) is 6.92 Å². The largest absolute Gasteiger partial charge is 0.0622 e. The van der Waals surface area contributed by atoms with Gasteiger partial charge in [-0.05, 0) is 130 Å². The van der Waals surface area contributed by atoms with Crippen LogP contribution in [0.2, 0.25) is 0 Å². The van der Waals surface area contributed by atoms with E-state index < -0.39 is 0 Å². The van der Waals surface area contributed by atoms with Gasteiger partial charge in [0.2, 0.25) is 0 Å². The predicted molar refractivity (Wildman–Crippen MR) is 203 cm³/mol. The van der Waals surface area contributed by atoms with Gasteiger partial charge in [0.25, 0.3) is 0 Å². The second-order valence-electron chi connectivity index (χ2n) is 12.7. The summed E-state index contributed by atoms with van der Waals surface area (Å²) >= 11 is 0. The molecule has 0 aliphatic heterocycles. The summed E-state index contributed by atoms with van der Waals surface area (Å²) in [6, 6.07) is 64.6. The lowest BCUT2D eigenvalue weighted by molar-refractivity contribution is 1.52. The first-order valence-electron chi connectivity index (χ1n) is 16.3. The summed E-state index contributed by atoms with van der Waals surface area (Å²) < 4.78 is 0. The summed E-state index contributed by atoms with van der Waals surface area (Å²) in [5.41, 5.74) is 11.3. The van der Waals surface area contributed by atoms with Crippen molar-refractivity contribution in [1.29, 1.82) is 0 Å². The third-order valence-electron chi connectivity index (χ3n) is 9.74. The molecule has 0 saturated heterocycles. The third kappa shape index (κ3) is 4.96. The molecule has 9 rings (SSSR count). The zero-order valence-corrected chi connectivity index (χ0v) is 26.2. The molecule has 0 heteroatoms. The predicted octanol–water partition coefficient (Wildman–Crippen LogP) is 13.3. The van der Waals surface area contributed by atoms with Crippen molar-refractivity contribution in [3.8, 4) is 44.5 Å². The summed E-state index contributed by atoms with van der Waals surface area (Å²) in [5.74, 6) is 0. The van der Waals surface area contributed by atoms with Gasteiger partial charge in [0.1, 0.15) is 0 Å². The standard InChI is InChI=1S/C47H32/c1-31-25-44(39-16-15-33-9-5-6-10-36(33)26-39)29-43-18-17-40(30-47(31)43)38-22-24-46-42(28-38)20-19-41-27-37(21-23-45(41)46)35-13-11-34(12-14-35)32-7-3-2-4-8-32/h2-30H,1H3. The molecule has 9 aromatic rings. The molecule has 0 radical (unpaired) electrons. The van der Waals surface area contributed by atoms with Crippen molar-refractivity contribution < 1.29 is 0 Å². The minimum absolute atomic E-state index is 1.23. The maximum Gasteiger partial charge on any atom is -0.0105 e. The monoisotopic (exact) mass is 596 g/mol. The Balaban J connectivity index is 1.03. The van der Waals surface area contributed by atoms with E-state index in [0.717, 1.165) is 0 Å². The molecule has 220 valence electrons. The van der Waals surface area contributed by atoms with E-state index in [0.29, 0.717) is 0 Å². The zero-order valence-electron chi connectivity index (χ0n) is 26.2. The highest BCUT2D eigenvalue weighted by molar-refractivity contribution is 6.09. The first-order chi connectivity index (χ1) is 23.2. The van der Waals surface area contributed by atoms with Gasteiger partial charge >= 0.3 is 0 Å². The molecule has 0 heterocycles. The molecule has 0 amide bonds. The zero-order chi connectivity index (χ0) is 31.3. The van der Waals surface area contributed by atoms with Crippen LogP contribution in [-0.2, 0) is 0 Å². The minimum Gasteiger partial charge on any atom is -0.0622 e. The van der Waals surface area contributed by atoms with Crippen molar-refractivity contribution in [2.75, 3.05) is 0 Å². The Morgan fingerprint density at radius 3 is 1.34 bits per heavy atom. The topological polar surface area (TPSA) is 0 Å². The quantitative estimate of drug-likeness (QED) is 0.177. The molecule has 0 aliphatic rings. The third-order valence-corrected chi connectivity index (χ3v) is 9.74. The van der Waals surface area contributed by atoms with Crippen LogP contribution in [-0.4, -0.2) is 0 Å². The number of benzene rings is 9. The fourth-order valence-corrected chi connectivity index (χ4v) is 7.18. The van der Waals surface area contributed by atoms with E-state index in [2.05, 4.69) is 183 Å². The van der Waals surface area contributed by atoms with Gasteiger partial charge in [0, 0.05) is 0 Å². The van der Waals surface area contributed by atoms with E-state index >= 15 is 0 Å². The van der Waals surface area contributed by atoms with Gasteiger partial charge in [-0.3, -0.25) is 0 Å². The van der Waals surface area contributed by atoms with Crippen molar-refractivity contribution in [3.05, 3.63) is 181 Å². The molecule has 0 atom stereocenters. The first-order valence-corrected chi connectivity index (χ1v) is 16.3. The summed E-state index contributed by atoms with van der Waals surface area (Å²) in [6.45, 7) is 2.23. The molecule has 0 nitrogen and oxygen atoms in total. The number of hydrogen-bond donors (Lipinski definition) is 0. The average molecular weight is 597 g/mol. The number of hydrogen-bond acceptors (Lipinski definition) is 0. The molecule has 0 aromatic heterocycles. The maximum absolute atomic E-state index is 2.35. The normalized spacial score (nSPS) is 11.5. The van der Waals surface area contributed by atoms with Crippen molar-refractivity contribution >= 4 is 43.1 Å². The van der Waals surface area contributed by atoms with E-state index in [4.69, 9.17) is 0 Å². The summed E-state index contributed by atoms with van der Waals surface area (Å²) in [5, 5.41) is 10.2. The van der Waals surface area contributed by atoms with Crippen LogP contribution in [0.15, 0.2) is 176 Å². The Labute approximate surface area is 275 Å².